The van der Waals surface area contributed by atoms with Crippen LogP contribution in [-0.4, -0.2) is 62.2 Å². The van der Waals surface area contributed by atoms with E-state index in [-0.39, 0.29) is 37.2 Å². The van der Waals surface area contributed by atoms with Crippen LogP contribution in [0.2, 0.25) is 0 Å². The standard InChI is InChI=1S/C36H29F4N5O4/c37-26-4-1-3-23(18-26)21-44-22-24(17-25-5-10-30(38)34(40)33(25)39)19-29(35(44)48)31(46)20-32(47)36(49)43-15-13-42(14-16-43)27-6-8-28(9-7-27)45-12-2-11-41-45/h1-12,18-20,22,46H,13-17,21H2. The normalized spacial score (nSPS) is 13.5. The molecular formula is C36H29F4N5O4. The van der Waals surface area contributed by atoms with Gasteiger partial charge in [0.25, 0.3) is 11.5 Å². The summed E-state index contributed by atoms with van der Waals surface area (Å²) in [7, 11) is 0. The average Bonchev–Trinajstić information content (AvgIpc) is 3.65. The molecule has 0 aliphatic carbocycles. The number of aliphatic hydroxyl groups excluding tert-OH is 1. The third-order valence-electron chi connectivity index (χ3n) is 8.20. The predicted molar refractivity (Wildman–Crippen MR) is 173 cm³/mol. The molecule has 1 fully saturated rings. The molecule has 9 nitrogen and oxygen atoms in total. The summed E-state index contributed by atoms with van der Waals surface area (Å²) in [6.07, 6.45) is 5.15. The maximum Gasteiger partial charge on any atom is 0.294 e. The van der Waals surface area contributed by atoms with Crippen LogP contribution in [0.1, 0.15) is 22.3 Å². The van der Waals surface area contributed by atoms with Crippen LogP contribution in [0.3, 0.4) is 0 Å². The van der Waals surface area contributed by atoms with Gasteiger partial charge < -0.3 is 19.5 Å². The molecule has 49 heavy (non-hydrogen) atoms. The molecular weight excluding hydrogens is 642 g/mol. The lowest BCUT2D eigenvalue weighted by atomic mass is 10.0. The Kier molecular flexibility index (Phi) is 9.42. The number of carbonyl (C=O) groups is 2. The third-order valence-corrected chi connectivity index (χ3v) is 8.20. The van der Waals surface area contributed by atoms with Gasteiger partial charge >= 0.3 is 0 Å². The fraction of sp³-hybridized carbons (Fsp3) is 0.167. The number of ketones is 1. The van der Waals surface area contributed by atoms with Gasteiger partial charge in [0.05, 0.1) is 17.8 Å². The second-order valence-corrected chi connectivity index (χ2v) is 11.5. The fourth-order valence-corrected chi connectivity index (χ4v) is 5.67. The van der Waals surface area contributed by atoms with Gasteiger partial charge in [-0.3, -0.25) is 14.4 Å². The zero-order valence-corrected chi connectivity index (χ0v) is 25.9. The molecule has 5 aromatic rings. The summed E-state index contributed by atoms with van der Waals surface area (Å²) < 4.78 is 58.7. The Morgan fingerprint density at radius 1 is 0.837 bits per heavy atom. The number of rotatable bonds is 9. The number of hydrogen-bond donors (Lipinski definition) is 1. The van der Waals surface area contributed by atoms with E-state index in [1.165, 1.54) is 35.4 Å². The molecule has 1 aliphatic rings. The Balaban J connectivity index is 1.20. The number of aromatic nitrogens is 3. The first-order valence-electron chi connectivity index (χ1n) is 15.3. The van der Waals surface area contributed by atoms with Gasteiger partial charge in [-0.2, -0.15) is 5.10 Å². The lowest BCUT2D eigenvalue weighted by molar-refractivity contribution is -0.142. The highest BCUT2D eigenvalue weighted by molar-refractivity contribution is 6.41. The second kappa shape index (κ2) is 14.0. The van der Waals surface area contributed by atoms with Gasteiger partial charge in [0.1, 0.15) is 11.6 Å². The SMILES string of the molecule is O=C(C=C(O)c1cc(Cc2ccc(F)c(F)c2F)cn(Cc2cccc(F)c2)c1=O)C(=O)N1CCN(c2ccc(-n3cccn3)cc2)CC1. The maximum atomic E-state index is 14.5. The Bertz CT molecular complexity index is 2110. The smallest absolute Gasteiger partial charge is 0.294 e. The first-order chi connectivity index (χ1) is 23.6. The molecule has 1 saturated heterocycles. The molecule has 0 unspecified atom stereocenters. The number of halogens is 4. The minimum atomic E-state index is -1.67. The van der Waals surface area contributed by atoms with E-state index in [2.05, 4.69) is 10.00 Å². The van der Waals surface area contributed by atoms with E-state index in [1.54, 1.807) is 16.9 Å². The zero-order chi connectivity index (χ0) is 34.7. The lowest BCUT2D eigenvalue weighted by Gasteiger charge is -2.35. The first-order valence-corrected chi connectivity index (χ1v) is 15.3. The van der Waals surface area contributed by atoms with Crippen molar-refractivity contribution >= 4 is 23.1 Å². The highest BCUT2D eigenvalue weighted by atomic mass is 19.2. The maximum absolute atomic E-state index is 14.5. The van der Waals surface area contributed by atoms with Crippen molar-refractivity contribution in [3.05, 3.63) is 153 Å². The van der Waals surface area contributed by atoms with E-state index in [0.717, 1.165) is 28.1 Å². The Morgan fingerprint density at radius 2 is 1.57 bits per heavy atom. The second-order valence-electron chi connectivity index (χ2n) is 11.5. The van der Waals surface area contributed by atoms with E-state index >= 15 is 0 Å². The third kappa shape index (κ3) is 7.30. The molecule has 2 aromatic heterocycles. The Labute approximate surface area is 277 Å². The molecule has 0 atom stereocenters. The summed E-state index contributed by atoms with van der Waals surface area (Å²) in [5, 5.41) is 15.2. The average molecular weight is 672 g/mol. The van der Waals surface area contributed by atoms with Crippen molar-refractivity contribution in [1.82, 2.24) is 19.2 Å². The van der Waals surface area contributed by atoms with E-state index in [0.29, 0.717) is 24.7 Å². The van der Waals surface area contributed by atoms with Crippen LogP contribution in [0.25, 0.3) is 11.4 Å². The van der Waals surface area contributed by atoms with Crippen molar-refractivity contribution in [3.63, 3.8) is 0 Å². The van der Waals surface area contributed by atoms with Gasteiger partial charge in [-0.25, -0.2) is 22.2 Å². The molecule has 1 N–H and O–H groups in total. The van der Waals surface area contributed by atoms with Crippen LogP contribution >= 0.6 is 0 Å². The van der Waals surface area contributed by atoms with E-state index < -0.39 is 51.8 Å². The molecule has 3 aromatic carbocycles. The monoisotopic (exact) mass is 671 g/mol. The van der Waals surface area contributed by atoms with Gasteiger partial charge in [0.2, 0.25) is 5.78 Å². The molecule has 6 rings (SSSR count). The van der Waals surface area contributed by atoms with Crippen LogP contribution in [0, 0.1) is 23.3 Å². The number of amides is 1. The van der Waals surface area contributed by atoms with E-state index in [9.17, 15) is 37.1 Å². The number of piperazine rings is 1. The number of benzene rings is 3. The summed E-state index contributed by atoms with van der Waals surface area (Å²) in [4.78, 5) is 43.0. The number of pyridine rings is 1. The van der Waals surface area contributed by atoms with Gasteiger partial charge in [-0.05, 0) is 71.3 Å². The molecule has 3 heterocycles. The Hall–Kier alpha value is -5.98. The minimum absolute atomic E-state index is 0.173. The molecule has 1 aliphatic heterocycles. The van der Waals surface area contributed by atoms with Crippen LogP contribution in [0.5, 0.6) is 0 Å². The van der Waals surface area contributed by atoms with Crippen LogP contribution < -0.4 is 10.5 Å². The highest BCUT2D eigenvalue weighted by Crippen LogP contribution is 2.22. The highest BCUT2D eigenvalue weighted by Gasteiger charge is 2.26. The molecule has 250 valence electrons. The fourth-order valence-electron chi connectivity index (χ4n) is 5.67. The van der Waals surface area contributed by atoms with Crippen LogP contribution in [-0.2, 0) is 22.6 Å². The number of aliphatic hydroxyl groups is 1. The largest absolute Gasteiger partial charge is 0.507 e. The number of anilines is 1. The first kappa shape index (κ1) is 32.9. The summed E-state index contributed by atoms with van der Waals surface area (Å²) in [6, 6.07) is 17.9. The molecule has 1 amide bonds. The van der Waals surface area contributed by atoms with Gasteiger partial charge in [-0.15, -0.1) is 0 Å². The van der Waals surface area contributed by atoms with Crippen molar-refractivity contribution < 1.29 is 32.3 Å². The van der Waals surface area contributed by atoms with Gasteiger partial charge in [-0.1, -0.05) is 18.2 Å². The van der Waals surface area contributed by atoms with Crippen molar-refractivity contribution in [2.24, 2.45) is 0 Å². The molecule has 13 heteroatoms. The number of nitrogens with zero attached hydrogens (tertiary/aromatic N) is 5. The summed E-state index contributed by atoms with van der Waals surface area (Å²) >= 11 is 0. The molecule has 0 bridgehead atoms. The Morgan fingerprint density at radius 3 is 2.27 bits per heavy atom. The van der Waals surface area contributed by atoms with Crippen molar-refractivity contribution in [2.45, 2.75) is 13.0 Å². The molecule has 0 radical (unpaired) electrons. The van der Waals surface area contributed by atoms with E-state index in [4.69, 9.17) is 0 Å². The zero-order valence-electron chi connectivity index (χ0n) is 25.9. The van der Waals surface area contributed by atoms with Crippen LogP contribution in [0.4, 0.5) is 23.2 Å². The van der Waals surface area contributed by atoms with Crippen LogP contribution in [0.15, 0.2) is 102 Å². The van der Waals surface area contributed by atoms with Gasteiger partial charge in [0.15, 0.2) is 17.5 Å². The molecule has 0 spiro atoms. The van der Waals surface area contributed by atoms with Gasteiger partial charge in [0, 0.05) is 63.0 Å². The number of hydrogen-bond acceptors (Lipinski definition) is 6. The molecule has 0 saturated carbocycles. The van der Waals surface area contributed by atoms with Crippen molar-refractivity contribution in [3.8, 4) is 5.69 Å². The minimum Gasteiger partial charge on any atom is -0.507 e. The summed E-state index contributed by atoms with van der Waals surface area (Å²) in [5.74, 6) is -7.77. The quantitative estimate of drug-likeness (QED) is 0.0775. The lowest BCUT2D eigenvalue weighted by Crippen LogP contribution is -2.50. The topological polar surface area (TPSA) is 101 Å². The summed E-state index contributed by atoms with van der Waals surface area (Å²) in [6.45, 7) is 1.19. The number of carbonyl (C=O) groups excluding carboxylic acids is 2. The summed E-state index contributed by atoms with van der Waals surface area (Å²) in [5.41, 5.74) is 0.965. The predicted octanol–water partition coefficient (Wildman–Crippen LogP) is 5.05. The van der Waals surface area contributed by atoms with Crippen molar-refractivity contribution in [2.75, 3.05) is 31.1 Å². The van der Waals surface area contributed by atoms with E-state index in [1.807, 2.05) is 36.5 Å². The van der Waals surface area contributed by atoms with Crippen molar-refractivity contribution in [1.29, 1.82) is 0 Å².